The molecule has 2 atom stereocenters. The fraction of sp³-hybridized carbons (Fsp3) is 0.333. The van der Waals surface area contributed by atoms with Gasteiger partial charge < -0.3 is 4.98 Å². The molecule has 1 aliphatic carbocycles. The number of carbonyl (C=O) groups is 1. The van der Waals surface area contributed by atoms with Crippen molar-refractivity contribution in [3.63, 3.8) is 0 Å². The molecule has 0 amide bonds. The van der Waals surface area contributed by atoms with Gasteiger partial charge in [0.15, 0.2) is 5.78 Å². The van der Waals surface area contributed by atoms with E-state index in [0.717, 1.165) is 23.0 Å². The van der Waals surface area contributed by atoms with Gasteiger partial charge in [-0.25, -0.2) is 4.98 Å². The van der Waals surface area contributed by atoms with Gasteiger partial charge in [0.2, 0.25) is 0 Å². The van der Waals surface area contributed by atoms with Gasteiger partial charge in [-0.3, -0.25) is 4.79 Å². The van der Waals surface area contributed by atoms with Crippen molar-refractivity contribution < 1.29 is 4.79 Å². The van der Waals surface area contributed by atoms with E-state index in [1.165, 1.54) is 0 Å². The predicted molar refractivity (Wildman–Crippen MR) is 57.7 cm³/mol. The zero-order valence-electron chi connectivity index (χ0n) is 8.53. The van der Waals surface area contributed by atoms with Gasteiger partial charge in [0, 0.05) is 29.3 Å². The van der Waals surface area contributed by atoms with Gasteiger partial charge in [0.25, 0.3) is 0 Å². The van der Waals surface area contributed by atoms with Crippen LogP contribution in [0, 0.1) is 11.8 Å². The second kappa shape index (κ2) is 2.92. The minimum atomic E-state index is 0.240. The monoisotopic (exact) mass is 200 g/mol. The smallest absolute Gasteiger partial charge is 0.168 e. The van der Waals surface area contributed by atoms with Crippen LogP contribution in [-0.2, 0) is 0 Å². The standard InChI is InChI=1S/C12H12N2O/c1-7-5-9(7)11(15)10-6-14-12-8(10)3-2-4-13-12/h2-4,6-7,9H,5H2,1H3,(H,13,14). The topological polar surface area (TPSA) is 45.8 Å². The fourth-order valence-electron chi connectivity index (χ4n) is 2.05. The molecule has 0 spiro atoms. The summed E-state index contributed by atoms with van der Waals surface area (Å²) in [6.07, 6.45) is 4.55. The molecule has 2 aromatic rings. The fourth-order valence-corrected chi connectivity index (χ4v) is 2.05. The Kier molecular flexibility index (Phi) is 1.69. The van der Waals surface area contributed by atoms with Gasteiger partial charge in [0.05, 0.1) is 0 Å². The molecule has 0 bridgehead atoms. The lowest BCUT2D eigenvalue weighted by Crippen LogP contribution is -2.01. The maximum Gasteiger partial charge on any atom is 0.168 e. The van der Waals surface area contributed by atoms with Gasteiger partial charge in [-0.2, -0.15) is 0 Å². The number of carbonyl (C=O) groups excluding carboxylic acids is 1. The van der Waals surface area contributed by atoms with Gasteiger partial charge in [0.1, 0.15) is 5.65 Å². The molecule has 3 nitrogen and oxygen atoms in total. The molecule has 76 valence electrons. The number of rotatable bonds is 2. The van der Waals surface area contributed by atoms with E-state index in [4.69, 9.17) is 0 Å². The zero-order chi connectivity index (χ0) is 10.4. The van der Waals surface area contributed by atoms with Crippen LogP contribution in [0.4, 0.5) is 0 Å². The molecule has 3 heteroatoms. The highest BCUT2D eigenvalue weighted by Gasteiger charge is 2.40. The van der Waals surface area contributed by atoms with Gasteiger partial charge >= 0.3 is 0 Å². The average molecular weight is 200 g/mol. The summed E-state index contributed by atoms with van der Waals surface area (Å²) in [7, 11) is 0. The van der Waals surface area contributed by atoms with Crippen LogP contribution in [0.25, 0.3) is 11.0 Å². The number of aromatic amines is 1. The van der Waals surface area contributed by atoms with Crippen molar-refractivity contribution in [1.82, 2.24) is 9.97 Å². The number of fused-ring (bicyclic) bond motifs is 1. The molecule has 1 fully saturated rings. The highest BCUT2D eigenvalue weighted by atomic mass is 16.1. The molecule has 0 saturated heterocycles. The first-order chi connectivity index (χ1) is 7.27. The van der Waals surface area contributed by atoms with Crippen molar-refractivity contribution in [3.05, 3.63) is 30.1 Å². The lowest BCUT2D eigenvalue weighted by molar-refractivity contribution is 0.0964. The Balaban J connectivity index is 2.07. The number of hydrogen-bond acceptors (Lipinski definition) is 2. The SMILES string of the molecule is CC1CC1C(=O)c1c[nH]c2ncccc12. The van der Waals surface area contributed by atoms with Crippen molar-refractivity contribution >= 4 is 16.8 Å². The van der Waals surface area contributed by atoms with Gasteiger partial charge in [-0.05, 0) is 24.5 Å². The normalized spacial score (nSPS) is 24.3. The molecule has 0 aromatic carbocycles. The summed E-state index contributed by atoms with van der Waals surface area (Å²) in [6, 6.07) is 3.81. The zero-order valence-corrected chi connectivity index (χ0v) is 8.53. The number of hydrogen-bond donors (Lipinski definition) is 1. The maximum absolute atomic E-state index is 12.0. The number of nitrogens with zero attached hydrogens (tertiary/aromatic N) is 1. The quantitative estimate of drug-likeness (QED) is 0.756. The van der Waals surface area contributed by atoms with Crippen LogP contribution < -0.4 is 0 Å². The number of H-pyrrole nitrogens is 1. The molecule has 0 aliphatic heterocycles. The molecule has 1 saturated carbocycles. The van der Waals surface area contributed by atoms with Crippen molar-refractivity contribution in [2.75, 3.05) is 0 Å². The summed E-state index contributed by atoms with van der Waals surface area (Å²) in [4.78, 5) is 19.3. The first kappa shape index (κ1) is 8.65. The van der Waals surface area contributed by atoms with Crippen molar-refractivity contribution in [2.24, 2.45) is 11.8 Å². The van der Waals surface area contributed by atoms with E-state index >= 15 is 0 Å². The third-order valence-corrected chi connectivity index (χ3v) is 3.16. The number of Topliss-reactive ketones (excluding diaryl/α,β-unsaturated/α-hetero) is 1. The van der Waals surface area contributed by atoms with Crippen LogP contribution >= 0.6 is 0 Å². The lowest BCUT2D eigenvalue weighted by atomic mass is 10.1. The summed E-state index contributed by atoms with van der Waals surface area (Å²) in [5.41, 5.74) is 1.60. The van der Waals surface area contributed by atoms with Crippen molar-refractivity contribution in [1.29, 1.82) is 0 Å². The first-order valence-electron chi connectivity index (χ1n) is 5.23. The number of ketones is 1. The van der Waals surface area contributed by atoms with E-state index in [1.54, 1.807) is 12.4 Å². The predicted octanol–water partition coefficient (Wildman–Crippen LogP) is 2.40. The Morgan fingerprint density at radius 2 is 2.40 bits per heavy atom. The second-order valence-corrected chi connectivity index (χ2v) is 4.29. The third kappa shape index (κ3) is 1.27. The lowest BCUT2D eigenvalue weighted by Gasteiger charge is -1.95. The summed E-state index contributed by atoms with van der Waals surface area (Å²) in [5.74, 6) is 1.06. The number of aromatic nitrogens is 2. The first-order valence-corrected chi connectivity index (χ1v) is 5.23. The molecule has 2 aromatic heterocycles. The molecular formula is C12H12N2O. The summed E-state index contributed by atoms with van der Waals surface area (Å²) in [5, 5.41) is 0.946. The Hall–Kier alpha value is -1.64. The van der Waals surface area contributed by atoms with Crippen LogP contribution in [0.5, 0.6) is 0 Å². The largest absolute Gasteiger partial charge is 0.345 e. The maximum atomic E-state index is 12.0. The minimum Gasteiger partial charge on any atom is -0.345 e. The molecule has 1 aliphatic rings. The van der Waals surface area contributed by atoms with Crippen LogP contribution in [0.1, 0.15) is 23.7 Å². The Bertz CT molecular complexity index is 529. The Morgan fingerprint density at radius 3 is 3.13 bits per heavy atom. The molecule has 0 radical (unpaired) electrons. The minimum absolute atomic E-state index is 0.240. The molecule has 15 heavy (non-hydrogen) atoms. The van der Waals surface area contributed by atoms with Crippen molar-refractivity contribution in [2.45, 2.75) is 13.3 Å². The Morgan fingerprint density at radius 1 is 1.60 bits per heavy atom. The highest BCUT2D eigenvalue weighted by Crippen LogP contribution is 2.41. The second-order valence-electron chi connectivity index (χ2n) is 4.29. The van der Waals surface area contributed by atoms with Crippen LogP contribution in [0.2, 0.25) is 0 Å². The van der Waals surface area contributed by atoms with E-state index in [0.29, 0.717) is 5.92 Å². The van der Waals surface area contributed by atoms with E-state index < -0.39 is 0 Å². The summed E-state index contributed by atoms with van der Waals surface area (Å²) >= 11 is 0. The van der Waals surface area contributed by atoms with Crippen molar-refractivity contribution in [3.8, 4) is 0 Å². The number of pyridine rings is 1. The van der Waals surface area contributed by atoms with E-state index in [-0.39, 0.29) is 11.7 Å². The van der Waals surface area contributed by atoms with E-state index in [9.17, 15) is 4.79 Å². The molecule has 1 N–H and O–H groups in total. The molecule has 2 unspecified atom stereocenters. The van der Waals surface area contributed by atoms with E-state index in [2.05, 4.69) is 16.9 Å². The van der Waals surface area contributed by atoms with Crippen LogP contribution in [0.3, 0.4) is 0 Å². The van der Waals surface area contributed by atoms with Crippen LogP contribution in [0.15, 0.2) is 24.5 Å². The molecule has 2 heterocycles. The molecular weight excluding hydrogens is 188 g/mol. The van der Waals surface area contributed by atoms with Crippen LogP contribution in [-0.4, -0.2) is 15.8 Å². The average Bonchev–Trinajstić information content (AvgIpc) is 2.83. The highest BCUT2D eigenvalue weighted by molar-refractivity contribution is 6.09. The third-order valence-electron chi connectivity index (χ3n) is 3.16. The summed E-state index contributed by atoms with van der Waals surface area (Å²) in [6.45, 7) is 2.12. The van der Waals surface area contributed by atoms with E-state index in [1.807, 2.05) is 12.1 Å². The van der Waals surface area contributed by atoms with Gasteiger partial charge in [-0.15, -0.1) is 0 Å². The Labute approximate surface area is 87.5 Å². The molecule has 3 rings (SSSR count). The number of nitrogens with one attached hydrogen (secondary N) is 1. The summed E-state index contributed by atoms with van der Waals surface area (Å²) < 4.78 is 0. The van der Waals surface area contributed by atoms with Gasteiger partial charge in [-0.1, -0.05) is 6.92 Å².